The molecule has 2 atom stereocenters. The molecule has 0 aliphatic carbocycles. The molecule has 5 rings (SSSR count). The number of likely N-dealkylation sites (N-methyl/N-ethyl adjacent to an activating group) is 1. The maximum atomic E-state index is 13.3. The average molecular weight is 508 g/mol. The van der Waals surface area contributed by atoms with E-state index in [0.29, 0.717) is 35.8 Å². The van der Waals surface area contributed by atoms with Crippen molar-refractivity contribution >= 4 is 12.2 Å². The molecule has 2 aliphatic heterocycles. The normalized spacial score (nSPS) is 18.9. The molecule has 0 saturated carbocycles. The third kappa shape index (κ3) is 3.73. The monoisotopic (exact) mass is 508 g/mol. The van der Waals surface area contributed by atoms with E-state index in [-0.39, 0.29) is 22.8 Å². The summed E-state index contributed by atoms with van der Waals surface area (Å²) in [4.78, 5) is 16.6. The number of methoxy groups -OCH3 is 1. The smallest absolute Gasteiger partial charge is 0.416 e. The molecule has 2 aliphatic rings. The number of aromatic hydroxyl groups is 1. The predicted octanol–water partition coefficient (Wildman–Crippen LogP) is 2.52. The van der Waals surface area contributed by atoms with Gasteiger partial charge < -0.3 is 24.2 Å². The van der Waals surface area contributed by atoms with E-state index in [4.69, 9.17) is 26.4 Å². The Morgan fingerprint density at radius 3 is 2.74 bits per heavy atom. The van der Waals surface area contributed by atoms with Crippen molar-refractivity contribution in [3.05, 3.63) is 67.7 Å². The number of alkyl halides is 3. The topological polar surface area (TPSA) is 90.2 Å². The maximum Gasteiger partial charge on any atom is 0.416 e. The molecule has 0 spiro atoms. The first kappa shape index (κ1) is 23.2. The van der Waals surface area contributed by atoms with E-state index < -0.39 is 29.2 Å². The van der Waals surface area contributed by atoms with Gasteiger partial charge in [-0.2, -0.15) is 13.2 Å². The van der Waals surface area contributed by atoms with Crippen LogP contribution in [0, 0.1) is 4.77 Å². The zero-order valence-corrected chi connectivity index (χ0v) is 19.5. The summed E-state index contributed by atoms with van der Waals surface area (Å²) in [6.07, 6.45) is -3.95. The maximum absolute atomic E-state index is 13.3. The number of quaternary nitrogens is 1. The predicted molar refractivity (Wildman–Crippen MR) is 120 cm³/mol. The van der Waals surface area contributed by atoms with Crippen LogP contribution in [-0.2, 0) is 12.6 Å². The Kier molecular flexibility index (Phi) is 5.52. The summed E-state index contributed by atoms with van der Waals surface area (Å²) >= 11 is 5.23. The number of hydrogen-bond acceptors (Lipinski definition) is 6. The average Bonchev–Trinajstić information content (AvgIpc) is 3.26. The van der Waals surface area contributed by atoms with Gasteiger partial charge in [-0.1, -0.05) is 6.07 Å². The minimum absolute atomic E-state index is 0.0218. The summed E-state index contributed by atoms with van der Waals surface area (Å²) in [6, 6.07) is 5.46. The second kappa shape index (κ2) is 8.31. The standard InChI is InChI=1S/C23H20F3N3O5S/c1-28-7-6-11-8-14-18(34-10-33-14)19(32-2)15(11)17(28)16-20(30)27-22(35)29(21(16)31)13-5-3-4-12(9-13)23(24,25)26/h3-5,8-9,17,31H,6-7,10H2,1-2H3,(H,27,30,35)/p+1. The Labute approximate surface area is 202 Å². The van der Waals surface area contributed by atoms with Crippen molar-refractivity contribution in [2.45, 2.75) is 18.6 Å². The summed E-state index contributed by atoms with van der Waals surface area (Å²) in [5.74, 6) is 0.755. The van der Waals surface area contributed by atoms with Gasteiger partial charge in [0, 0.05) is 6.42 Å². The van der Waals surface area contributed by atoms with Crippen molar-refractivity contribution in [1.29, 1.82) is 0 Å². The van der Waals surface area contributed by atoms with Crippen molar-refractivity contribution in [1.82, 2.24) is 9.55 Å². The highest BCUT2D eigenvalue weighted by atomic mass is 32.1. The van der Waals surface area contributed by atoms with Gasteiger partial charge in [-0.3, -0.25) is 14.3 Å². The number of aromatic nitrogens is 2. The third-order valence-corrected chi connectivity index (χ3v) is 6.64. The van der Waals surface area contributed by atoms with Crippen LogP contribution in [0.25, 0.3) is 5.69 Å². The molecule has 35 heavy (non-hydrogen) atoms. The van der Waals surface area contributed by atoms with Crippen LogP contribution >= 0.6 is 12.2 Å². The van der Waals surface area contributed by atoms with Crippen LogP contribution in [0.4, 0.5) is 13.2 Å². The Morgan fingerprint density at radius 1 is 1.26 bits per heavy atom. The minimum Gasteiger partial charge on any atom is -0.494 e. The first-order chi connectivity index (χ1) is 16.6. The molecule has 2 unspecified atom stereocenters. The lowest BCUT2D eigenvalue weighted by Crippen LogP contribution is -3.10. The third-order valence-electron chi connectivity index (χ3n) is 6.36. The number of nitrogens with one attached hydrogen (secondary N) is 2. The Bertz CT molecular complexity index is 1450. The van der Waals surface area contributed by atoms with E-state index in [9.17, 15) is 23.1 Å². The Hall–Kier alpha value is -3.51. The highest BCUT2D eigenvalue weighted by Gasteiger charge is 2.41. The molecular weight excluding hydrogens is 487 g/mol. The summed E-state index contributed by atoms with van der Waals surface area (Å²) < 4.78 is 57.6. The largest absolute Gasteiger partial charge is 0.494 e. The summed E-state index contributed by atoms with van der Waals surface area (Å²) in [7, 11) is 3.32. The number of halogens is 3. The van der Waals surface area contributed by atoms with Crippen LogP contribution in [0.2, 0.25) is 0 Å². The fraction of sp³-hybridized carbons (Fsp3) is 0.304. The molecule has 3 aromatic rings. The second-order valence-corrected chi connectivity index (χ2v) is 8.76. The number of aromatic amines is 1. The summed E-state index contributed by atoms with van der Waals surface area (Å²) in [5.41, 5.74) is -0.155. The van der Waals surface area contributed by atoms with Gasteiger partial charge >= 0.3 is 6.18 Å². The Morgan fingerprint density at radius 2 is 2.03 bits per heavy atom. The molecule has 0 amide bonds. The number of nitrogens with zero attached hydrogens (tertiary/aromatic N) is 1. The molecule has 0 saturated heterocycles. The van der Waals surface area contributed by atoms with E-state index in [0.717, 1.165) is 27.2 Å². The number of ether oxygens (including phenoxy) is 3. The SMILES string of the molecule is COc1c2c(cc3c1C(c1c(O)n(-c4cccc(C(F)(F)F)c4)c(=S)[nH]c1=O)[NH+](C)CC3)OCO2. The fourth-order valence-corrected chi connectivity index (χ4v) is 5.06. The van der Waals surface area contributed by atoms with Gasteiger partial charge in [-0.15, -0.1) is 0 Å². The fourth-order valence-electron chi connectivity index (χ4n) is 4.78. The van der Waals surface area contributed by atoms with E-state index in [1.54, 1.807) is 0 Å². The lowest BCUT2D eigenvalue weighted by Gasteiger charge is -2.33. The highest BCUT2D eigenvalue weighted by molar-refractivity contribution is 7.71. The van der Waals surface area contributed by atoms with Crippen LogP contribution in [0.15, 0.2) is 35.1 Å². The van der Waals surface area contributed by atoms with Crippen LogP contribution in [0.3, 0.4) is 0 Å². The zero-order chi connectivity index (χ0) is 25.1. The van der Waals surface area contributed by atoms with Gasteiger partial charge in [0.1, 0.15) is 5.56 Å². The van der Waals surface area contributed by atoms with Gasteiger partial charge in [-0.25, -0.2) is 0 Å². The summed E-state index contributed by atoms with van der Waals surface area (Å²) in [5, 5.41) is 11.3. The molecule has 0 fully saturated rings. The van der Waals surface area contributed by atoms with E-state index in [2.05, 4.69) is 4.98 Å². The van der Waals surface area contributed by atoms with Crippen molar-refractivity contribution in [2.75, 3.05) is 27.5 Å². The molecule has 0 bridgehead atoms. The number of H-pyrrole nitrogens is 1. The van der Waals surface area contributed by atoms with Crippen LogP contribution in [0.5, 0.6) is 23.1 Å². The molecule has 0 radical (unpaired) electrons. The molecule has 8 nitrogen and oxygen atoms in total. The van der Waals surface area contributed by atoms with E-state index in [1.165, 1.54) is 19.2 Å². The number of hydrogen-bond donors (Lipinski definition) is 3. The van der Waals surface area contributed by atoms with Crippen molar-refractivity contribution < 1.29 is 37.4 Å². The highest BCUT2D eigenvalue weighted by Crippen LogP contribution is 2.48. The van der Waals surface area contributed by atoms with E-state index in [1.807, 2.05) is 13.1 Å². The van der Waals surface area contributed by atoms with Gasteiger partial charge in [0.25, 0.3) is 5.56 Å². The molecular formula is C23H21F3N3O5S+. The van der Waals surface area contributed by atoms with E-state index >= 15 is 0 Å². The molecule has 1 aromatic heterocycles. The van der Waals surface area contributed by atoms with Gasteiger partial charge in [-0.05, 0) is 42.0 Å². The number of benzene rings is 2. The molecule has 12 heteroatoms. The van der Waals surface area contributed by atoms with Crippen molar-refractivity contribution in [3.8, 4) is 28.8 Å². The molecule has 3 N–H and O–H groups in total. The Balaban J connectivity index is 1.76. The lowest BCUT2D eigenvalue weighted by atomic mass is 9.87. The second-order valence-electron chi connectivity index (χ2n) is 8.38. The molecule has 3 heterocycles. The molecule has 184 valence electrons. The first-order valence-corrected chi connectivity index (χ1v) is 11.1. The number of fused-ring (bicyclic) bond motifs is 2. The lowest BCUT2D eigenvalue weighted by molar-refractivity contribution is -0.908. The zero-order valence-electron chi connectivity index (χ0n) is 18.7. The van der Waals surface area contributed by atoms with Crippen LogP contribution < -0.4 is 24.7 Å². The van der Waals surface area contributed by atoms with Gasteiger partial charge in [0.2, 0.25) is 18.4 Å². The van der Waals surface area contributed by atoms with Crippen LogP contribution in [-0.4, -0.2) is 42.2 Å². The molecule has 2 aromatic carbocycles. The minimum atomic E-state index is -4.60. The summed E-state index contributed by atoms with van der Waals surface area (Å²) in [6.45, 7) is 0.631. The van der Waals surface area contributed by atoms with Crippen molar-refractivity contribution in [2.24, 2.45) is 0 Å². The number of rotatable bonds is 3. The van der Waals surface area contributed by atoms with Crippen LogP contribution in [0.1, 0.15) is 28.3 Å². The van der Waals surface area contributed by atoms with Gasteiger partial charge in [0.05, 0.1) is 37.5 Å². The van der Waals surface area contributed by atoms with Gasteiger partial charge in [0.15, 0.2) is 22.3 Å². The van der Waals surface area contributed by atoms with Crippen molar-refractivity contribution in [3.63, 3.8) is 0 Å². The first-order valence-electron chi connectivity index (χ1n) is 10.7. The quantitative estimate of drug-likeness (QED) is 0.472.